The van der Waals surface area contributed by atoms with E-state index >= 15 is 0 Å². The van der Waals surface area contributed by atoms with E-state index in [0.717, 1.165) is 22.7 Å². The second-order valence-corrected chi connectivity index (χ2v) is 5.67. The van der Waals surface area contributed by atoms with Gasteiger partial charge in [0.25, 0.3) is 0 Å². The van der Waals surface area contributed by atoms with Crippen LogP contribution in [0.1, 0.15) is 12.5 Å². The van der Waals surface area contributed by atoms with Crippen molar-refractivity contribution in [2.24, 2.45) is 0 Å². The Morgan fingerprint density at radius 1 is 1.20 bits per heavy atom. The maximum atomic E-state index is 13.9. The van der Waals surface area contributed by atoms with Crippen molar-refractivity contribution in [2.45, 2.75) is 12.5 Å². The summed E-state index contributed by atoms with van der Waals surface area (Å²) < 4.78 is 28.1. The molecule has 0 radical (unpaired) electrons. The van der Waals surface area contributed by atoms with Crippen LogP contribution in [0.5, 0.6) is 0 Å². The lowest BCUT2D eigenvalue weighted by atomic mass is 9.91. The minimum Gasteiger partial charge on any atom is -0.394 e. The number of anilines is 1. The molecule has 0 fully saturated rings. The van der Waals surface area contributed by atoms with Crippen LogP contribution in [0.15, 0.2) is 46.9 Å². The minimum absolute atomic E-state index is 0.0833. The number of aliphatic hydroxyl groups is 1. The van der Waals surface area contributed by atoms with E-state index < -0.39 is 17.2 Å². The number of aliphatic hydroxyl groups excluding tert-OH is 1. The third-order valence-electron chi connectivity index (χ3n) is 3.08. The molecule has 0 bridgehead atoms. The Labute approximate surface area is 124 Å². The van der Waals surface area contributed by atoms with Crippen LogP contribution >= 0.6 is 15.9 Å². The first-order valence-corrected chi connectivity index (χ1v) is 6.84. The molecule has 2 rings (SSSR count). The van der Waals surface area contributed by atoms with Crippen LogP contribution in [0.2, 0.25) is 0 Å². The smallest absolute Gasteiger partial charge is 0.129 e. The first-order valence-electron chi connectivity index (χ1n) is 6.05. The van der Waals surface area contributed by atoms with Gasteiger partial charge in [-0.15, -0.1) is 0 Å². The number of hydrogen-bond acceptors (Lipinski definition) is 2. The van der Waals surface area contributed by atoms with E-state index in [1.165, 1.54) is 0 Å². The van der Waals surface area contributed by atoms with Crippen molar-refractivity contribution in [1.82, 2.24) is 0 Å². The Morgan fingerprint density at radius 3 is 2.60 bits per heavy atom. The lowest BCUT2D eigenvalue weighted by Crippen LogP contribution is -2.37. The van der Waals surface area contributed by atoms with Gasteiger partial charge in [-0.3, -0.25) is 0 Å². The summed E-state index contributed by atoms with van der Waals surface area (Å²) >= 11 is 3.34. The van der Waals surface area contributed by atoms with E-state index in [2.05, 4.69) is 21.2 Å². The van der Waals surface area contributed by atoms with Crippen LogP contribution in [0.3, 0.4) is 0 Å². The van der Waals surface area contributed by atoms with Crippen LogP contribution in [0, 0.1) is 11.6 Å². The zero-order valence-corrected chi connectivity index (χ0v) is 12.4. The van der Waals surface area contributed by atoms with Gasteiger partial charge < -0.3 is 10.4 Å². The van der Waals surface area contributed by atoms with Crippen molar-refractivity contribution in [3.05, 3.63) is 64.1 Å². The maximum Gasteiger partial charge on any atom is 0.129 e. The molecule has 2 aromatic carbocycles. The molecular formula is C15H14BrF2NO. The molecule has 106 valence electrons. The number of rotatable bonds is 4. The summed E-state index contributed by atoms with van der Waals surface area (Å²) in [6.45, 7) is 1.24. The lowest BCUT2D eigenvalue weighted by molar-refractivity contribution is 0.220. The lowest BCUT2D eigenvalue weighted by Gasteiger charge is -2.31. The average Bonchev–Trinajstić information content (AvgIpc) is 2.41. The largest absolute Gasteiger partial charge is 0.394 e. The number of hydrogen-bond donors (Lipinski definition) is 2. The molecule has 0 aromatic heterocycles. The molecule has 0 aliphatic heterocycles. The molecule has 20 heavy (non-hydrogen) atoms. The highest BCUT2D eigenvalue weighted by molar-refractivity contribution is 9.10. The molecule has 2 aromatic rings. The summed E-state index contributed by atoms with van der Waals surface area (Å²) in [6.07, 6.45) is 0. The van der Waals surface area contributed by atoms with Crippen molar-refractivity contribution >= 4 is 21.6 Å². The third-order valence-corrected chi connectivity index (χ3v) is 3.58. The predicted molar refractivity (Wildman–Crippen MR) is 78.6 cm³/mol. The van der Waals surface area contributed by atoms with Gasteiger partial charge in [-0.2, -0.15) is 0 Å². The highest BCUT2D eigenvalue weighted by Crippen LogP contribution is 2.29. The van der Waals surface area contributed by atoms with Crippen molar-refractivity contribution in [3.8, 4) is 0 Å². The second-order valence-electron chi connectivity index (χ2n) is 4.75. The summed E-state index contributed by atoms with van der Waals surface area (Å²) in [7, 11) is 0. The summed E-state index contributed by atoms with van der Waals surface area (Å²) in [4.78, 5) is 0. The van der Waals surface area contributed by atoms with Crippen LogP contribution in [0.4, 0.5) is 14.5 Å². The second kappa shape index (κ2) is 5.89. The zero-order valence-electron chi connectivity index (χ0n) is 10.8. The van der Waals surface area contributed by atoms with Gasteiger partial charge in [0, 0.05) is 15.7 Å². The van der Waals surface area contributed by atoms with Crippen LogP contribution in [0.25, 0.3) is 0 Å². The molecule has 0 amide bonds. The Morgan fingerprint density at radius 2 is 1.95 bits per heavy atom. The van der Waals surface area contributed by atoms with Gasteiger partial charge in [0.15, 0.2) is 0 Å². The third kappa shape index (κ3) is 3.16. The molecule has 2 N–H and O–H groups in total. The highest BCUT2D eigenvalue weighted by Gasteiger charge is 2.29. The summed E-state index contributed by atoms with van der Waals surface area (Å²) in [5.74, 6) is -1.11. The molecule has 0 aliphatic rings. The summed E-state index contributed by atoms with van der Waals surface area (Å²) in [5, 5.41) is 12.7. The number of benzene rings is 2. The molecule has 0 heterocycles. The predicted octanol–water partition coefficient (Wildman–Crippen LogP) is 4.05. The number of nitrogens with one attached hydrogen (secondary N) is 1. The van der Waals surface area contributed by atoms with Gasteiger partial charge in [0.05, 0.1) is 12.1 Å². The molecule has 5 heteroatoms. The number of halogens is 3. The standard InChI is InChI=1S/C15H14BrF2NO/c1-15(9-20,13-8-11(17)5-6-14(13)18)19-12-4-2-3-10(16)7-12/h2-8,19-20H,9H2,1H3. The molecule has 2 nitrogen and oxygen atoms in total. The minimum atomic E-state index is -1.12. The molecule has 0 spiro atoms. The molecule has 0 saturated heterocycles. The monoisotopic (exact) mass is 341 g/mol. The molecular weight excluding hydrogens is 328 g/mol. The fraction of sp³-hybridized carbons (Fsp3) is 0.200. The first-order chi connectivity index (χ1) is 9.44. The zero-order chi connectivity index (χ0) is 14.8. The van der Waals surface area contributed by atoms with Gasteiger partial charge in [0.1, 0.15) is 11.6 Å². The Balaban J connectivity index is 2.40. The van der Waals surface area contributed by atoms with E-state index in [-0.39, 0.29) is 12.2 Å². The molecule has 1 unspecified atom stereocenters. The van der Waals surface area contributed by atoms with Gasteiger partial charge >= 0.3 is 0 Å². The fourth-order valence-corrected chi connectivity index (χ4v) is 2.40. The van der Waals surface area contributed by atoms with Gasteiger partial charge in [-0.05, 0) is 43.3 Å². The van der Waals surface area contributed by atoms with E-state index in [4.69, 9.17) is 0 Å². The van der Waals surface area contributed by atoms with Crippen LogP contribution in [-0.4, -0.2) is 11.7 Å². The van der Waals surface area contributed by atoms with E-state index in [0.29, 0.717) is 5.69 Å². The Hall–Kier alpha value is -1.46. The Bertz CT molecular complexity index is 621. The normalized spacial score (nSPS) is 13.8. The molecule has 0 aliphatic carbocycles. The molecule has 1 atom stereocenters. The quantitative estimate of drug-likeness (QED) is 0.879. The van der Waals surface area contributed by atoms with Crippen molar-refractivity contribution < 1.29 is 13.9 Å². The van der Waals surface area contributed by atoms with E-state index in [1.54, 1.807) is 19.1 Å². The maximum absolute atomic E-state index is 13.9. The molecule has 0 saturated carbocycles. The SMILES string of the molecule is CC(CO)(Nc1cccc(Br)c1)c1cc(F)ccc1F. The van der Waals surface area contributed by atoms with Crippen molar-refractivity contribution in [2.75, 3.05) is 11.9 Å². The van der Waals surface area contributed by atoms with Crippen LogP contribution < -0.4 is 5.32 Å². The van der Waals surface area contributed by atoms with E-state index in [1.807, 2.05) is 12.1 Å². The van der Waals surface area contributed by atoms with Crippen molar-refractivity contribution in [1.29, 1.82) is 0 Å². The van der Waals surface area contributed by atoms with Gasteiger partial charge in [0.2, 0.25) is 0 Å². The Kier molecular flexibility index (Phi) is 4.40. The highest BCUT2D eigenvalue weighted by atomic mass is 79.9. The summed E-state index contributed by atoms with van der Waals surface area (Å²) in [6, 6.07) is 10.4. The van der Waals surface area contributed by atoms with Crippen LogP contribution in [-0.2, 0) is 5.54 Å². The topological polar surface area (TPSA) is 32.3 Å². The van der Waals surface area contributed by atoms with Gasteiger partial charge in [-0.1, -0.05) is 22.0 Å². The van der Waals surface area contributed by atoms with Gasteiger partial charge in [-0.25, -0.2) is 8.78 Å². The fourth-order valence-electron chi connectivity index (χ4n) is 2.00. The van der Waals surface area contributed by atoms with Crippen molar-refractivity contribution in [3.63, 3.8) is 0 Å². The summed E-state index contributed by atoms with van der Waals surface area (Å²) in [5.41, 5.74) is -0.341. The first kappa shape index (κ1) is 14.9. The van der Waals surface area contributed by atoms with E-state index in [9.17, 15) is 13.9 Å². The average molecular weight is 342 g/mol.